The van der Waals surface area contributed by atoms with Crippen molar-refractivity contribution in [1.82, 2.24) is 10.6 Å². The number of carbonyl (C=O) groups is 3. The monoisotopic (exact) mass is 466 g/mol. The van der Waals surface area contributed by atoms with Crippen LogP contribution in [0.5, 0.6) is 0 Å². The molecule has 0 saturated heterocycles. The predicted molar refractivity (Wildman–Crippen MR) is 130 cm³/mol. The van der Waals surface area contributed by atoms with Gasteiger partial charge in [0.05, 0.1) is 0 Å². The van der Waals surface area contributed by atoms with Gasteiger partial charge in [-0.3, -0.25) is 4.79 Å². The maximum absolute atomic E-state index is 13.0. The third-order valence-electron chi connectivity index (χ3n) is 6.06. The molecule has 0 aliphatic heterocycles. The first-order chi connectivity index (χ1) is 16.0. The fourth-order valence-corrected chi connectivity index (χ4v) is 4.38. The molecular formula is C27H34N2O5. The number of benzene rings is 2. The Morgan fingerprint density at radius 2 is 1.47 bits per heavy atom. The molecule has 0 bridgehead atoms. The maximum Gasteiger partial charge on any atom is 0.407 e. The molecule has 3 N–H and O–H groups in total. The SMILES string of the molecule is CC(C)CC(NC(=O)[C@@H](NC(=O)OCC1c2ccccc2-c2ccccc21)C(C)(C)C)C(=O)O. The Bertz CT molecular complexity index is 1010. The molecule has 0 fully saturated rings. The molecule has 1 aliphatic rings. The van der Waals surface area contributed by atoms with Crippen LogP contribution in [0.25, 0.3) is 11.1 Å². The molecule has 2 atom stereocenters. The van der Waals surface area contributed by atoms with Crippen LogP contribution < -0.4 is 10.6 Å². The highest BCUT2D eigenvalue weighted by molar-refractivity contribution is 5.90. The van der Waals surface area contributed by atoms with E-state index in [-0.39, 0.29) is 18.4 Å². The highest BCUT2D eigenvalue weighted by Gasteiger charge is 2.36. The van der Waals surface area contributed by atoms with Crippen molar-refractivity contribution in [3.05, 3.63) is 59.7 Å². The molecule has 7 heteroatoms. The molecule has 3 rings (SSSR count). The summed E-state index contributed by atoms with van der Waals surface area (Å²) in [5.41, 5.74) is 3.79. The number of nitrogens with one attached hydrogen (secondary N) is 2. The fraction of sp³-hybridized carbons (Fsp3) is 0.444. The summed E-state index contributed by atoms with van der Waals surface area (Å²) in [6.45, 7) is 9.32. The molecular weight excluding hydrogens is 432 g/mol. The van der Waals surface area contributed by atoms with Gasteiger partial charge >= 0.3 is 12.1 Å². The summed E-state index contributed by atoms with van der Waals surface area (Å²) in [4.78, 5) is 37.3. The van der Waals surface area contributed by atoms with Crippen LogP contribution in [-0.4, -0.2) is 41.8 Å². The Labute approximate surface area is 200 Å². The summed E-state index contributed by atoms with van der Waals surface area (Å²) in [7, 11) is 0. The van der Waals surface area contributed by atoms with Crippen molar-refractivity contribution < 1.29 is 24.2 Å². The van der Waals surface area contributed by atoms with Crippen molar-refractivity contribution in [3.63, 3.8) is 0 Å². The van der Waals surface area contributed by atoms with Crippen LogP contribution in [-0.2, 0) is 14.3 Å². The van der Waals surface area contributed by atoms with Crippen LogP contribution in [0.3, 0.4) is 0 Å². The number of carboxylic acids is 1. The first-order valence-corrected chi connectivity index (χ1v) is 11.6. The lowest BCUT2D eigenvalue weighted by Gasteiger charge is -2.31. The van der Waals surface area contributed by atoms with Crippen LogP contribution in [0.15, 0.2) is 48.5 Å². The van der Waals surface area contributed by atoms with Crippen LogP contribution in [0.4, 0.5) is 4.79 Å². The number of alkyl carbamates (subject to hydrolysis) is 1. The second-order valence-corrected chi connectivity index (χ2v) is 10.3. The first kappa shape index (κ1) is 25.3. The van der Waals surface area contributed by atoms with E-state index >= 15 is 0 Å². The summed E-state index contributed by atoms with van der Waals surface area (Å²) < 4.78 is 5.59. The van der Waals surface area contributed by atoms with Gasteiger partial charge in [0.1, 0.15) is 18.7 Å². The van der Waals surface area contributed by atoms with Gasteiger partial charge in [0.15, 0.2) is 0 Å². The molecule has 0 heterocycles. The summed E-state index contributed by atoms with van der Waals surface area (Å²) in [5, 5.41) is 14.7. The maximum atomic E-state index is 13.0. The second kappa shape index (κ2) is 10.3. The van der Waals surface area contributed by atoms with Crippen molar-refractivity contribution in [2.45, 2.75) is 59.0 Å². The van der Waals surface area contributed by atoms with Gasteiger partial charge in [0.2, 0.25) is 5.91 Å². The number of fused-ring (bicyclic) bond motifs is 3. The van der Waals surface area contributed by atoms with Crippen molar-refractivity contribution >= 4 is 18.0 Å². The standard InChI is InChI=1S/C27H34N2O5/c1-16(2)14-22(25(31)32)28-24(30)23(27(3,4)5)29-26(33)34-15-21-19-12-8-6-10-17(19)18-11-7-9-13-20(18)21/h6-13,16,21-23H,14-15H2,1-5H3,(H,28,30)(H,29,33)(H,31,32)/t22?,23-/m1/s1. The average molecular weight is 467 g/mol. The topological polar surface area (TPSA) is 105 Å². The minimum Gasteiger partial charge on any atom is -0.480 e. The second-order valence-electron chi connectivity index (χ2n) is 10.3. The average Bonchev–Trinajstić information content (AvgIpc) is 3.08. The molecule has 0 aromatic heterocycles. The molecule has 7 nitrogen and oxygen atoms in total. The zero-order valence-electron chi connectivity index (χ0n) is 20.4. The molecule has 0 spiro atoms. The number of carboxylic acid groups (broad SMARTS) is 1. The van der Waals surface area contributed by atoms with E-state index in [0.717, 1.165) is 22.3 Å². The van der Waals surface area contributed by atoms with Crippen LogP contribution >= 0.6 is 0 Å². The molecule has 0 saturated carbocycles. The Morgan fingerprint density at radius 3 is 1.94 bits per heavy atom. The molecule has 1 aliphatic carbocycles. The zero-order valence-corrected chi connectivity index (χ0v) is 20.4. The van der Waals surface area contributed by atoms with Gasteiger partial charge in [-0.1, -0.05) is 83.1 Å². The van der Waals surface area contributed by atoms with Gasteiger partial charge in [-0.2, -0.15) is 0 Å². The number of ether oxygens (including phenoxy) is 1. The number of carbonyl (C=O) groups excluding carboxylic acids is 2. The normalized spacial score (nSPS) is 14.6. The van der Waals surface area contributed by atoms with Crippen molar-refractivity contribution in [1.29, 1.82) is 0 Å². The van der Waals surface area contributed by atoms with Crippen LogP contribution in [0, 0.1) is 11.3 Å². The Hall–Kier alpha value is -3.35. The lowest BCUT2D eigenvalue weighted by Crippen LogP contribution is -2.56. The third-order valence-corrected chi connectivity index (χ3v) is 6.06. The molecule has 2 amide bonds. The Kier molecular flexibility index (Phi) is 7.64. The van der Waals surface area contributed by atoms with Crippen LogP contribution in [0.2, 0.25) is 0 Å². The summed E-state index contributed by atoms with van der Waals surface area (Å²) >= 11 is 0. The van der Waals surface area contributed by atoms with Gasteiger partial charge in [-0.05, 0) is 40.0 Å². The summed E-state index contributed by atoms with van der Waals surface area (Å²) in [5.74, 6) is -1.66. The van der Waals surface area contributed by atoms with E-state index < -0.39 is 35.5 Å². The van der Waals surface area contributed by atoms with E-state index in [0.29, 0.717) is 6.42 Å². The highest BCUT2D eigenvalue weighted by Crippen LogP contribution is 2.44. The van der Waals surface area contributed by atoms with Crippen molar-refractivity contribution in [3.8, 4) is 11.1 Å². The lowest BCUT2D eigenvalue weighted by molar-refractivity contribution is -0.143. The van der Waals surface area contributed by atoms with E-state index in [1.807, 2.05) is 50.2 Å². The van der Waals surface area contributed by atoms with Gasteiger partial charge in [0.25, 0.3) is 0 Å². The number of rotatable bonds is 8. The summed E-state index contributed by atoms with van der Waals surface area (Å²) in [6.07, 6.45) is -0.421. The van der Waals surface area contributed by atoms with E-state index in [2.05, 4.69) is 22.8 Å². The van der Waals surface area contributed by atoms with E-state index in [1.165, 1.54) is 0 Å². The van der Waals surface area contributed by atoms with Gasteiger partial charge in [-0.25, -0.2) is 9.59 Å². The van der Waals surface area contributed by atoms with Gasteiger partial charge in [0, 0.05) is 5.92 Å². The Balaban J connectivity index is 1.69. The minimum absolute atomic E-state index is 0.0876. The number of amides is 2. The lowest BCUT2D eigenvalue weighted by atomic mass is 9.86. The molecule has 2 aromatic carbocycles. The van der Waals surface area contributed by atoms with E-state index in [1.54, 1.807) is 20.8 Å². The quantitative estimate of drug-likeness (QED) is 0.529. The van der Waals surface area contributed by atoms with Crippen LogP contribution in [0.1, 0.15) is 58.1 Å². The molecule has 2 aromatic rings. The fourth-order valence-electron chi connectivity index (χ4n) is 4.38. The van der Waals surface area contributed by atoms with Gasteiger partial charge in [-0.15, -0.1) is 0 Å². The number of aliphatic carboxylic acids is 1. The highest BCUT2D eigenvalue weighted by atomic mass is 16.5. The largest absolute Gasteiger partial charge is 0.480 e. The third kappa shape index (κ3) is 5.76. The Morgan fingerprint density at radius 1 is 0.941 bits per heavy atom. The first-order valence-electron chi connectivity index (χ1n) is 11.6. The van der Waals surface area contributed by atoms with Crippen molar-refractivity contribution in [2.24, 2.45) is 11.3 Å². The smallest absolute Gasteiger partial charge is 0.407 e. The van der Waals surface area contributed by atoms with Crippen molar-refractivity contribution in [2.75, 3.05) is 6.61 Å². The molecule has 1 unspecified atom stereocenters. The number of hydrogen-bond acceptors (Lipinski definition) is 4. The molecule has 0 radical (unpaired) electrons. The zero-order chi connectivity index (χ0) is 25.0. The van der Waals surface area contributed by atoms with E-state index in [4.69, 9.17) is 4.74 Å². The predicted octanol–water partition coefficient (Wildman–Crippen LogP) is 4.56. The van der Waals surface area contributed by atoms with Gasteiger partial charge < -0.3 is 20.5 Å². The summed E-state index contributed by atoms with van der Waals surface area (Å²) in [6, 6.07) is 14.1. The molecule has 182 valence electrons. The number of hydrogen-bond donors (Lipinski definition) is 3. The van der Waals surface area contributed by atoms with E-state index in [9.17, 15) is 19.5 Å². The minimum atomic E-state index is -1.10. The molecule has 34 heavy (non-hydrogen) atoms.